The van der Waals surface area contributed by atoms with Crippen LogP contribution < -0.4 is 0 Å². The van der Waals surface area contributed by atoms with Crippen LogP contribution in [-0.2, 0) is 22.0 Å². The number of rotatable bonds is 6. The molecule has 6 nitrogen and oxygen atoms in total. The Hall–Kier alpha value is -0.950. The van der Waals surface area contributed by atoms with Crippen LogP contribution in [0.3, 0.4) is 0 Å². The lowest BCUT2D eigenvalue weighted by atomic mass is 10.1. The fourth-order valence-electron chi connectivity index (χ4n) is 1.33. The first-order valence-electron chi connectivity index (χ1n) is 5.58. The Morgan fingerprint density at radius 1 is 1.41 bits per heavy atom. The van der Waals surface area contributed by atoms with Crippen molar-refractivity contribution in [3.8, 4) is 0 Å². The van der Waals surface area contributed by atoms with E-state index < -0.39 is 15.4 Å². The average Bonchev–Trinajstić information content (AvgIpc) is 2.62. The maximum absolute atomic E-state index is 11.5. The predicted octanol–water partition coefficient (Wildman–Crippen LogP) is 0.330. The summed E-state index contributed by atoms with van der Waals surface area (Å²) in [6, 6.07) is 0. The molecule has 1 heterocycles. The molecule has 0 aliphatic rings. The third-order valence-electron chi connectivity index (χ3n) is 2.31. The summed E-state index contributed by atoms with van der Waals surface area (Å²) in [5, 5.41) is 17.3. The number of aromatic nitrogens is 3. The Bertz CT molecular complexity index is 459. The fourth-order valence-corrected chi connectivity index (χ4v) is 2.63. The van der Waals surface area contributed by atoms with E-state index >= 15 is 0 Å². The Balaban J connectivity index is 2.63. The topological polar surface area (TPSA) is 85.1 Å². The zero-order valence-corrected chi connectivity index (χ0v) is 11.2. The summed E-state index contributed by atoms with van der Waals surface area (Å²) in [7, 11) is -3.01. The second-order valence-electron chi connectivity index (χ2n) is 4.58. The molecule has 1 N–H and O–H groups in total. The second kappa shape index (κ2) is 5.14. The van der Waals surface area contributed by atoms with Crippen LogP contribution in [-0.4, -0.2) is 40.0 Å². The molecule has 1 aromatic rings. The van der Waals surface area contributed by atoms with E-state index in [-0.39, 0.29) is 18.1 Å². The number of hydrogen-bond acceptors (Lipinski definition) is 5. The summed E-state index contributed by atoms with van der Waals surface area (Å²) in [5.74, 6) is 0.246. The molecule has 98 valence electrons. The molecule has 1 rings (SSSR count). The molecule has 7 heteroatoms. The Morgan fingerprint density at radius 3 is 2.53 bits per heavy atom. The fraction of sp³-hybridized carbons (Fsp3) is 0.800. The highest BCUT2D eigenvalue weighted by molar-refractivity contribution is 7.91. The Labute approximate surface area is 102 Å². The number of sulfone groups is 1. The molecule has 1 aromatic heterocycles. The largest absolute Gasteiger partial charge is 0.384 e. The number of nitrogens with zero attached hydrogens (tertiary/aromatic N) is 3. The Morgan fingerprint density at radius 2 is 2.06 bits per heavy atom. The zero-order valence-electron chi connectivity index (χ0n) is 10.4. The minimum absolute atomic E-state index is 0.0511. The maximum atomic E-state index is 11.5. The predicted molar refractivity (Wildman–Crippen MR) is 64.2 cm³/mol. The molecule has 0 aliphatic heterocycles. The van der Waals surface area contributed by atoms with Gasteiger partial charge in [0.25, 0.3) is 0 Å². The van der Waals surface area contributed by atoms with Gasteiger partial charge in [-0.05, 0) is 20.3 Å². The Kier molecular flexibility index (Phi) is 4.26. The standard InChI is InChI=1S/C10H19N3O3S/c1-4-6-17(15,16)7-5-13-8-9(11-12-13)10(2,3)14/h8,14H,4-7H2,1-3H3. The van der Waals surface area contributed by atoms with Crippen LogP contribution in [0.2, 0.25) is 0 Å². The van der Waals surface area contributed by atoms with Crippen molar-refractivity contribution in [3.63, 3.8) is 0 Å². The van der Waals surface area contributed by atoms with E-state index in [2.05, 4.69) is 10.3 Å². The first kappa shape index (κ1) is 14.1. The van der Waals surface area contributed by atoms with Crippen LogP contribution >= 0.6 is 0 Å². The highest BCUT2D eigenvalue weighted by Gasteiger charge is 2.20. The third kappa shape index (κ3) is 4.43. The summed E-state index contributed by atoms with van der Waals surface area (Å²) in [6.45, 7) is 5.31. The molecule has 0 amide bonds. The highest BCUT2D eigenvalue weighted by atomic mass is 32.2. The van der Waals surface area contributed by atoms with Crippen molar-refractivity contribution in [2.75, 3.05) is 11.5 Å². The molecule has 0 saturated heterocycles. The molecule has 0 aliphatic carbocycles. The SMILES string of the molecule is CCCS(=O)(=O)CCn1cc(C(C)(C)O)nn1. The van der Waals surface area contributed by atoms with Gasteiger partial charge in [0.05, 0.1) is 18.5 Å². The van der Waals surface area contributed by atoms with Crippen molar-refractivity contribution in [2.45, 2.75) is 39.3 Å². The van der Waals surface area contributed by atoms with E-state index in [0.717, 1.165) is 0 Å². The summed E-state index contributed by atoms with van der Waals surface area (Å²) < 4.78 is 24.4. The normalized spacial score (nSPS) is 12.9. The number of hydrogen-bond donors (Lipinski definition) is 1. The molecule has 0 radical (unpaired) electrons. The molecule has 0 saturated carbocycles. The van der Waals surface area contributed by atoms with Gasteiger partial charge < -0.3 is 5.11 Å². The lowest BCUT2D eigenvalue weighted by molar-refractivity contribution is 0.0737. The van der Waals surface area contributed by atoms with E-state index in [4.69, 9.17) is 0 Å². The van der Waals surface area contributed by atoms with E-state index in [9.17, 15) is 13.5 Å². The van der Waals surface area contributed by atoms with E-state index in [0.29, 0.717) is 12.1 Å². The smallest absolute Gasteiger partial charge is 0.152 e. The minimum atomic E-state index is -3.01. The average molecular weight is 261 g/mol. The van der Waals surface area contributed by atoms with Gasteiger partial charge >= 0.3 is 0 Å². The highest BCUT2D eigenvalue weighted by Crippen LogP contribution is 2.15. The third-order valence-corrected chi connectivity index (χ3v) is 4.15. The van der Waals surface area contributed by atoms with Crippen LogP contribution in [0.5, 0.6) is 0 Å². The van der Waals surface area contributed by atoms with Crippen molar-refractivity contribution in [2.24, 2.45) is 0 Å². The molecule has 0 aromatic carbocycles. The monoisotopic (exact) mass is 261 g/mol. The summed E-state index contributed by atoms with van der Waals surface area (Å²) >= 11 is 0. The number of aliphatic hydroxyl groups is 1. The van der Waals surface area contributed by atoms with Crippen LogP contribution in [0.4, 0.5) is 0 Å². The van der Waals surface area contributed by atoms with Crippen molar-refractivity contribution in [1.29, 1.82) is 0 Å². The van der Waals surface area contributed by atoms with Crippen LogP contribution in [0.25, 0.3) is 0 Å². The zero-order chi connectivity index (χ0) is 13.1. The first-order valence-corrected chi connectivity index (χ1v) is 7.40. The lowest BCUT2D eigenvalue weighted by Gasteiger charge is -2.11. The van der Waals surface area contributed by atoms with Crippen molar-refractivity contribution < 1.29 is 13.5 Å². The van der Waals surface area contributed by atoms with Gasteiger partial charge in [0.2, 0.25) is 0 Å². The van der Waals surface area contributed by atoms with E-state index in [1.807, 2.05) is 6.92 Å². The molecule has 17 heavy (non-hydrogen) atoms. The van der Waals surface area contributed by atoms with Gasteiger partial charge in [-0.25, -0.2) is 8.42 Å². The van der Waals surface area contributed by atoms with Crippen molar-refractivity contribution >= 4 is 9.84 Å². The van der Waals surface area contributed by atoms with Crippen molar-refractivity contribution in [1.82, 2.24) is 15.0 Å². The van der Waals surface area contributed by atoms with Gasteiger partial charge in [0.15, 0.2) is 9.84 Å². The van der Waals surface area contributed by atoms with Gasteiger partial charge in [0, 0.05) is 5.75 Å². The van der Waals surface area contributed by atoms with Gasteiger partial charge in [-0.1, -0.05) is 12.1 Å². The molecule has 0 bridgehead atoms. The molecule has 0 atom stereocenters. The van der Waals surface area contributed by atoms with Gasteiger partial charge in [-0.15, -0.1) is 5.10 Å². The van der Waals surface area contributed by atoms with E-state index in [1.165, 1.54) is 4.68 Å². The van der Waals surface area contributed by atoms with Crippen LogP contribution in [0, 0.1) is 0 Å². The molecule has 0 spiro atoms. The molecule has 0 unspecified atom stereocenters. The van der Waals surface area contributed by atoms with Crippen LogP contribution in [0.1, 0.15) is 32.9 Å². The second-order valence-corrected chi connectivity index (χ2v) is 6.88. The lowest BCUT2D eigenvalue weighted by Crippen LogP contribution is -2.17. The summed E-state index contributed by atoms with van der Waals surface area (Å²) in [5.41, 5.74) is -0.619. The van der Waals surface area contributed by atoms with Gasteiger partial charge in [-0.2, -0.15) is 0 Å². The summed E-state index contributed by atoms with van der Waals surface area (Å²) in [4.78, 5) is 0. The minimum Gasteiger partial charge on any atom is -0.384 e. The molecule has 0 fully saturated rings. The quantitative estimate of drug-likeness (QED) is 0.797. The van der Waals surface area contributed by atoms with Crippen molar-refractivity contribution in [3.05, 3.63) is 11.9 Å². The van der Waals surface area contributed by atoms with Crippen LogP contribution in [0.15, 0.2) is 6.20 Å². The number of aryl methyl sites for hydroxylation is 1. The van der Waals surface area contributed by atoms with Gasteiger partial charge in [0.1, 0.15) is 11.3 Å². The summed E-state index contributed by atoms with van der Waals surface area (Å²) in [6.07, 6.45) is 2.19. The van der Waals surface area contributed by atoms with E-state index in [1.54, 1.807) is 20.0 Å². The molecular weight excluding hydrogens is 242 g/mol. The maximum Gasteiger partial charge on any atom is 0.152 e. The first-order chi connectivity index (χ1) is 7.74. The van der Waals surface area contributed by atoms with Gasteiger partial charge in [-0.3, -0.25) is 4.68 Å². The molecular formula is C10H19N3O3S.